The lowest BCUT2D eigenvalue weighted by molar-refractivity contribution is -0.141. The number of nitrogens with zero attached hydrogens (tertiary/aromatic N) is 6. The summed E-state index contributed by atoms with van der Waals surface area (Å²) < 4.78 is 101. The molecule has 0 radical (unpaired) electrons. The molecule has 0 aliphatic rings. The number of benzene rings is 1. The summed E-state index contributed by atoms with van der Waals surface area (Å²) in [6.07, 6.45) is -5.52. The van der Waals surface area contributed by atoms with Crippen LogP contribution in [0, 0.1) is 11.6 Å². The van der Waals surface area contributed by atoms with E-state index >= 15 is 0 Å². The standard InChI is InChI=1S/C21H13F7N6O2/c22-11-1-4-14(15(23)7-11)20(35,19(24)25)18(34-10-31-32-33-34)16-5-2-12(8-29-16)36-13-3-6-17(30-9-13)21(26,27)28/h1-10,18-19,35H. The quantitative estimate of drug-likeness (QED) is 0.368. The fourth-order valence-electron chi connectivity index (χ4n) is 3.41. The third-order valence-electron chi connectivity index (χ3n) is 5.04. The molecule has 3 aromatic heterocycles. The van der Waals surface area contributed by atoms with Crippen molar-refractivity contribution in [2.45, 2.75) is 24.2 Å². The molecule has 0 fully saturated rings. The van der Waals surface area contributed by atoms with Crippen LogP contribution >= 0.6 is 0 Å². The molecule has 0 bridgehead atoms. The van der Waals surface area contributed by atoms with Crippen molar-refractivity contribution >= 4 is 0 Å². The first-order chi connectivity index (χ1) is 17.0. The lowest BCUT2D eigenvalue weighted by atomic mass is 9.84. The number of hydrogen-bond acceptors (Lipinski definition) is 7. The van der Waals surface area contributed by atoms with E-state index in [1.54, 1.807) is 0 Å². The Morgan fingerprint density at radius 3 is 2.11 bits per heavy atom. The molecule has 2 unspecified atom stereocenters. The number of pyridine rings is 2. The van der Waals surface area contributed by atoms with Gasteiger partial charge in [-0.1, -0.05) is 0 Å². The van der Waals surface area contributed by atoms with Crippen LogP contribution < -0.4 is 4.74 Å². The monoisotopic (exact) mass is 514 g/mol. The van der Waals surface area contributed by atoms with E-state index in [4.69, 9.17) is 4.74 Å². The van der Waals surface area contributed by atoms with E-state index in [-0.39, 0.29) is 17.2 Å². The van der Waals surface area contributed by atoms with Crippen LogP contribution in [0.1, 0.15) is 23.0 Å². The van der Waals surface area contributed by atoms with Crippen LogP contribution in [-0.4, -0.2) is 41.7 Å². The maximum Gasteiger partial charge on any atom is 0.433 e. The summed E-state index contributed by atoms with van der Waals surface area (Å²) in [5.41, 5.74) is -5.64. The first kappa shape index (κ1) is 25.0. The summed E-state index contributed by atoms with van der Waals surface area (Å²) in [5.74, 6) is -2.59. The minimum Gasteiger partial charge on any atom is -0.454 e. The number of aliphatic hydroxyl groups is 1. The molecule has 15 heteroatoms. The third kappa shape index (κ3) is 4.82. The molecule has 2 atom stereocenters. The molecule has 0 amide bonds. The average molecular weight is 514 g/mol. The molecule has 8 nitrogen and oxygen atoms in total. The van der Waals surface area contributed by atoms with E-state index in [0.29, 0.717) is 24.3 Å². The Balaban J connectivity index is 1.70. The van der Waals surface area contributed by atoms with Crippen LogP contribution in [0.5, 0.6) is 11.5 Å². The van der Waals surface area contributed by atoms with Crippen molar-refractivity contribution in [1.29, 1.82) is 0 Å². The Hall–Kier alpha value is -4.14. The summed E-state index contributed by atoms with van der Waals surface area (Å²) in [7, 11) is 0. The first-order valence-electron chi connectivity index (χ1n) is 9.85. The van der Waals surface area contributed by atoms with Gasteiger partial charge in [0.05, 0.1) is 18.1 Å². The SMILES string of the molecule is OC(c1ccc(F)cc1F)(C(F)F)C(c1ccc(Oc2ccc(C(F)(F)F)nc2)cn1)n1cnnn1. The highest BCUT2D eigenvalue weighted by Crippen LogP contribution is 2.43. The maximum atomic E-state index is 14.5. The van der Waals surface area contributed by atoms with Crippen molar-refractivity contribution in [3.05, 3.63) is 89.8 Å². The largest absolute Gasteiger partial charge is 0.454 e. The number of hydrogen-bond donors (Lipinski definition) is 1. The topological polar surface area (TPSA) is 98.8 Å². The molecular formula is C21H13F7N6O2. The molecule has 0 aliphatic heterocycles. The van der Waals surface area contributed by atoms with Gasteiger partial charge in [0.25, 0.3) is 6.43 Å². The smallest absolute Gasteiger partial charge is 0.433 e. The van der Waals surface area contributed by atoms with E-state index in [1.165, 1.54) is 6.07 Å². The number of alkyl halides is 5. The van der Waals surface area contributed by atoms with Crippen LogP contribution in [0.25, 0.3) is 0 Å². The highest BCUT2D eigenvalue weighted by atomic mass is 19.4. The van der Waals surface area contributed by atoms with Gasteiger partial charge in [0.15, 0.2) is 5.60 Å². The number of aromatic nitrogens is 6. The Labute approximate surface area is 197 Å². The van der Waals surface area contributed by atoms with Crippen LogP contribution in [-0.2, 0) is 11.8 Å². The average Bonchev–Trinajstić information content (AvgIpc) is 3.34. The summed E-state index contributed by atoms with van der Waals surface area (Å²) in [6, 6.07) is 3.87. The van der Waals surface area contributed by atoms with Gasteiger partial charge >= 0.3 is 6.18 Å². The van der Waals surface area contributed by atoms with Gasteiger partial charge in [-0.25, -0.2) is 27.2 Å². The Morgan fingerprint density at radius 1 is 0.917 bits per heavy atom. The van der Waals surface area contributed by atoms with Gasteiger partial charge in [0, 0.05) is 11.6 Å². The molecule has 1 N–H and O–H groups in total. The van der Waals surface area contributed by atoms with Gasteiger partial charge in [0.2, 0.25) is 0 Å². The summed E-state index contributed by atoms with van der Waals surface area (Å²) >= 11 is 0. The van der Waals surface area contributed by atoms with Crippen molar-refractivity contribution in [3.8, 4) is 11.5 Å². The third-order valence-corrected chi connectivity index (χ3v) is 5.04. The summed E-state index contributed by atoms with van der Waals surface area (Å²) in [5, 5.41) is 21.3. The number of tetrazole rings is 1. The second-order valence-electron chi connectivity index (χ2n) is 7.34. The van der Waals surface area contributed by atoms with E-state index in [0.717, 1.165) is 35.5 Å². The van der Waals surface area contributed by atoms with Crippen LogP contribution in [0.3, 0.4) is 0 Å². The van der Waals surface area contributed by atoms with Crippen molar-refractivity contribution < 1.29 is 40.6 Å². The normalized spacial score (nSPS) is 14.5. The van der Waals surface area contributed by atoms with Gasteiger partial charge < -0.3 is 9.84 Å². The van der Waals surface area contributed by atoms with Gasteiger partial charge in [0.1, 0.15) is 41.2 Å². The predicted octanol–water partition coefficient (Wildman–Crippen LogP) is 4.29. The zero-order valence-electron chi connectivity index (χ0n) is 17.6. The van der Waals surface area contributed by atoms with Gasteiger partial charge in [-0.05, 0) is 46.8 Å². The lowest BCUT2D eigenvalue weighted by Crippen LogP contribution is -2.45. The molecule has 1 aromatic carbocycles. The maximum absolute atomic E-state index is 14.5. The van der Waals surface area contributed by atoms with Crippen molar-refractivity contribution in [1.82, 2.24) is 30.2 Å². The van der Waals surface area contributed by atoms with Gasteiger partial charge in [-0.3, -0.25) is 4.98 Å². The van der Waals surface area contributed by atoms with Crippen LogP contribution in [0.4, 0.5) is 30.7 Å². The highest BCUT2D eigenvalue weighted by molar-refractivity contribution is 5.34. The molecule has 0 spiro atoms. The first-order valence-corrected chi connectivity index (χ1v) is 9.85. The number of rotatable bonds is 7. The molecule has 0 saturated heterocycles. The second-order valence-corrected chi connectivity index (χ2v) is 7.34. The van der Waals surface area contributed by atoms with Crippen LogP contribution in [0.15, 0.2) is 61.2 Å². The molecule has 4 aromatic rings. The van der Waals surface area contributed by atoms with Crippen LogP contribution in [0.2, 0.25) is 0 Å². The van der Waals surface area contributed by atoms with E-state index < -0.39 is 47.1 Å². The zero-order valence-corrected chi connectivity index (χ0v) is 17.6. The molecule has 188 valence electrons. The summed E-state index contributed by atoms with van der Waals surface area (Å²) in [4.78, 5) is 7.23. The van der Waals surface area contributed by atoms with Gasteiger partial charge in [-0.15, -0.1) is 5.10 Å². The molecule has 4 rings (SSSR count). The van der Waals surface area contributed by atoms with E-state index in [1.807, 2.05) is 0 Å². The van der Waals surface area contributed by atoms with E-state index in [9.17, 15) is 35.8 Å². The Kier molecular flexibility index (Phi) is 6.58. The van der Waals surface area contributed by atoms with Gasteiger partial charge in [-0.2, -0.15) is 13.2 Å². The minimum absolute atomic E-state index is 0.0238. The highest BCUT2D eigenvalue weighted by Gasteiger charge is 2.52. The zero-order chi connectivity index (χ0) is 26.1. The van der Waals surface area contributed by atoms with Crippen molar-refractivity contribution in [3.63, 3.8) is 0 Å². The lowest BCUT2D eigenvalue weighted by Gasteiger charge is -2.35. The molecule has 36 heavy (non-hydrogen) atoms. The number of halogens is 7. The minimum atomic E-state index is -4.64. The Morgan fingerprint density at radius 2 is 1.61 bits per heavy atom. The molecular weight excluding hydrogens is 501 g/mol. The fraction of sp³-hybridized carbons (Fsp3) is 0.190. The molecule has 0 saturated carbocycles. The number of ether oxygens (including phenoxy) is 1. The Bertz CT molecular complexity index is 1320. The molecule has 3 heterocycles. The van der Waals surface area contributed by atoms with Crippen molar-refractivity contribution in [2.75, 3.05) is 0 Å². The van der Waals surface area contributed by atoms with E-state index in [2.05, 4.69) is 25.5 Å². The molecule has 0 aliphatic carbocycles. The fourth-order valence-corrected chi connectivity index (χ4v) is 3.41. The second kappa shape index (κ2) is 9.49. The van der Waals surface area contributed by atoms with Crippen molar-refractivity contribution in [2.24, 2.45) is 0 Å². The predicted molar refractivity (Wildman–Crippen MR) is 106 cm³/mol. The summed E-state index contributed by atoms with van der Waals surface area (Å²) in [6.45, 7) is 0.